The van der Waals surface area contributed by atoms with Gasteiger partial charge in [0.25, 0.3) is 0 Å². The first-order valence-corrected chi connectivity index (χ1v) is 17.8. The van der Waals surface area contributed by atoms with Gasteiger partial charge in [-0.2, -0.15) is 0 Å². The summed E-state index contributed by atoms with van der Waals surface area (Å²) in [6.45, 7) is 0. The summed E-state index contributed by atoms with van der Waals surface area (Å²) in [4.78, 5) is 37.4. The van der Waals surface area contributed by atoms with Gasteiger partial charge in [-0.15, -0.1) is 0 Å². The predicted octanol–water partition coefficient (Wildman–Crippen LogP) is 4.89. The van der Waals surface area contributed by atoms with E-state index < -0.39 is 8.07 Å². The van der Waals surface area contributed by atoms with Gasteiger partial charge in [0.15, 0.2) is 8.07 Å². The molecule has 0 atom stereocenters. The van der Waals surface area contributed by atoms with Gasteiger partial charge < -0.3 is 0 Å². The fourth-order valence-corrected chi connectivity index (χ4v) is 11.0. The molecule has 0 fully saturated rings. The zero-order valence-electron chi connectivity index (χ0n) is 26.2. The zero-order valence-corrected chi connectivity index (χ0v) is 27.2. The number of aromatic nitrogens is 8. The van der Waals surface area contributed by atoms with Crippen molar-refractivity contribution in [2.45, 2.75) is 0 Å². The van der Waals surface area contributed by atoms with Gasteiger partial charge >= 0.3 is 0 Å². The molecule has 8 heterocycles. The SMILES string of the molecule is c1ccc(-c2cc([Si](c3ccnc(-c4ccncc4)c3)(c3ccnc(-c4ccccn4)c3)c3ccnc(-c4ccccn4)c3)ccn2)nc1. The Morgan fingerprint density at radius 1 is 0.286 bits per heavy atom. The minimum absolute atomic E-state index is 0.788. The summed E-state index contributed by atoms with van der Waals surface area (Å²) >= 11 is 0. The summed E-state index contributed by atoms with van der Waals surface area (Å²) < 4.78 is 0. The molecule has 0 aliphatic heterocycles. The molecule has 0 N–H and O–H groups in total. The van der Waals surface area contributed by atoms with E-state index in [0.29, 0.717) is 0 Å². The average Bonchev–Trinajstić information content (AvgIpc) is 3.20. The van der Waals surface area contributed by atoms with Crippen LogP contribution < -0.4 is 20.7 Å². The maximum Gasteiger partial charge on any atom is 0.180 e. The van der Waals surface area contributed by atoms with Crippen molar-refractivity contribution in [1.82, 2.24) is 39.9 Å². The number of hydrogen-bond donors (Lipinski definition) is 0. The van der Waals surface area contributed by atoms with E-state index in [1.807, 2.05) is 91.5 Å². The third kappa shape index (κ3) is 5.79. The summed E-state index contributed by atoms with van der Waals surface area (Å²) in [5.74, 6) is 0. The summed E-state index contributed by atoms with van der Waals surface area (Å²) in [5, 5.41) is 4.48. The lowest BCUT2D eigenvalue weighted by molar-refractivity contribution is 1.25. The Hall–Kier alpha value is -6.58. The molecule has 0 aromatic carbocycles. The van der Waals surface area contributed by atoms with Crippen LogP contribution in [0.2, 0.25) is 0 Å². The van der Waals surface area contributed by atoms with E-state index in [-0.39, 0.29) is 0 Å². The maximum absolute atomic E-state index is 4.83. The highest BCUT2D eigenvalue weighted by atomic mass is 28.3. The van der Waals surface area contributed by atoms with Crippen molar-refractivity contribution < 1.29 is 0 Å². The number of hydrogen-bond acceptors (Lipinski definition) is 8. The van der Waals surface area contributed by atoms with Crippen molar-refractivity contribution in [3.05, 3.63) is 171 Å². The fraction of sp³-hybridized carbons (Fsp3) is 0. The molecule has 8 rings (SSSR count). The highest BCUT2D eigenvalue weighted by Gasteiger charge is 2.43. The third-order valence-electron chi connectivity index (χ3n) is 8.53. The first-order chi connectivity index (χ1) is 24.3. The number of rotatable bonds is 8. The van der Waals surface area contributed by atoms with Crippen LogP contribution >= 0.6 is 0 Å². The van der Waals surface area contributed by atoms with E-state index in [4.69, 9.17) is 19.9 Å². The quantitative estimate of drug-likeness (QED) is 0.215. The van der Waals surface area contributed by atoms with E-state index in [1.54, 1.807) is 31.0 Å². The normalized spacial score (nSPS) is 11.3. The van der Waals surface area contributed by atoms with Gasteiger partial charge in [0.1, 0.15) is 0 Å². The van der Waals surface area contributed by atoms with Gasteiger partial charge in [0.2, 0.25) is 0 Å². The van der Waals surface area contributed by atoms with E-state index in [0.717, 1.165) is 66.2 Å². The van der Waals surface area contributed by atoms with Gasteiger partial charge in [-0.05, 0) is 118 Å². The second-order valence-corrected chi connectivity index (χ2v) is 15.2. The Morgan fingerprint density at radius 3 is 1.00 bits per heavy atom. The molecular weight excluding hydrogens is 621 g/mol. The topological polar surface area (TPSA) is 103 Å². The van der Waals surface area contributed by atoms with Gasteiger partial charge in [-0.3, -0.25) is 39.9 Å². The molecule has 0 unspecified atom stereocenters. The molecule has 0 aliphatic carbocycles. The summed E-state index contributed by atoms with van der Waals surface area (Å²) in [6.07, 6.45) is 16.5. The van der Waals surface area contributed by atoms with Crippen molar-refractivity contribution in [2.24, 2.45) is 0 Å². The van der Waals surface area contributed by atoms with E-state index in [2.05, 4.69) is 68.5 Å². The van der Waals surface area contributed by atoms with Gasteiger partial charge in [-0.1, -0.05) is 18.2 Å². The summed E-state index contributed by atoms with van der Waals surface area (Å²) in [5.41, 5.74) is 6.60. The molecular formula is C40H28N8Si. The monoisotopic (exact) mass is 648 g/mol. The van der Waals surface area contributed by atoms with Crippen LogP contribution in [0.3, 0.4) is 0 Å². The minimum atomic E-state index is -3.22. The summed E-state index contributed by atoms with van der Waals surface area (Å²) in [6, 6.07) is 38.9. The minimum Gasteiger partial charge on any atom is -0.265 e. The Bertz CT molecular complexity index is 2000. The van der Waals surface area contributed by atoms with Crippen LogP contribution in [0.5, 0.6) is 0 Å². The van der Waals surface area contributed by atoms with Crippen LogP contribution in [0.1, 0.15) is 0 Å². The average molecular weight is 649 g/mol. The zero-order chi connectivity index (χ0) is 32.9. The van der Waals surface area contributed by atoms with Crippen LogP contribution in [0, 0.1) is 0 Å². The molecule has 0 amide bonds. The third-order valence-corrected chi connectivity index (χ3v) is 13.2. The second kappa shape index (κ2) is 13.3. The Kier molecular flexibility index (Phi) is 8.07. The standard InChI is InChI=1S/C40H28N8Si/c1-4-16-42-34(7-1)38-26-31(13-22-46-38)49(30-12-21-45-37(25-30)29-10-19-41-20-11-29,32-14-23-47-39(27-32)35-8-2-5-17-43-35)33-15-24-48-40(28-33)36-9-3-6-18-44-36/h1-28H. The number of pyridine rings is 8. The van der Waals surface area contributed by atoms with E-state index in [1.165, 1.54) is 0 Å². The Balaban J connectivity index is 1.47. The Morgan fingerprint density at radius 2 is 0.633 bits per heavy atom. The smallest absolute Gasteiger partial charge is 0.180 e. The van der Waals surface area contributed by atoms with E-state index in [9.17, 15) is 0 Å². The van der Waals surface area contributed by atoms with Gasteiger partial charge in [0.05, 0.1) is 39.9 Å². The van der Waals surface area contributed by atoms with Crippen molar-refractivity contribution in [2.75, 3.05) is 0 Å². The highest BCUT2D eigenvalue weighted by molar-refractivity contribution is 7.20. The molecule has 0 spiro atoms. The molecule has 49 heavy (non-hydrogen) atoms. The molecule has 8 aromatic heterocycles. The molecule has 0 saturated heterocycles. The molecule has 0 bridgehead atoms. The molecule has 232 valence electrons. The molecule has 0 saturated carbocycles. The van der Waals surface area contributed by atoms with Crippen LogP contribution in [-0.4, -0.2) is 47.9 Å². The first kappa shape index (κ1) is 29.8. The molecule has 0 radical (unpaired) electrons. The van der Waals surface area contributed by atoms with E-state index >= 15 is 0 Å². The van der Waals surface area contributed by atoms with Crippen molar-refractivity contribution in [1.29, 1.82) is 0 Å². The first-order valence-electron chi connectivity index (χ1n) is 15.8. The Labute approximate surface area is 284 Å². The van der Waals surface area contributed by atoms with Crippen LogP contribution in [0.15, 0.2) is 171 Å². The van der Waals surface area contributed by atoms with Crippen LogP contribution in [0.25, 0.3) is 45.4 Å². The predicted molar refractivity (Wildman–Crippen MR) is 194 cm³/mol. The largest absolute Gasteiger partial charge is 0.265 e. The lowest BCUT2D eigenvalue weighted by atomic mass is 10.2. The molecule has 0 aliphatic rings. The molecule has 8 nitrogen and oxygen atoms in total. The lowest BCUT2D eigenvalue weighted by Crippen LogP contribution is -2.75. The van der Waals surface area contributed by atoms with Gasteiger partial charge in [-0.25, -0.2) is 0 Å². The fourth-order valence-electron chi connectivity index (χ4n) is 6.30. The second-order valence-electron chi connectivity index (χ2n) is 11.3. The van der Waals surface area contributed by atoms with Crippen LogP contribution in [-0.2, 0) is 0 Å². The molecule has 9 heteroatoms. The highest BCUT2D eigenvalue weighted by Crippen LogP contribution is 2.21. The number of nitrogens with zero attached hydrogens (tertiary/aromatic N) is 8. The molecule has 8 aromatic rings. The lowest BCUT2D eigenvalue weighted by Gasteiger charge is -2.35. The summed E-state index contributed by atoms with van der Waals surface area (Å²) in [7, 11) is -3.22. The van der Waals surface area contributed by atoms with Gasteiger partial charge in [0, 0.05) is 61.3 Å². The maximum atomic E-state index is 4.83. The van der Waals surface area contributed by atoms with Crippen molar-refractivity contribution in [3.63, 3.8) is 0 Å². The van der Waals surface area contributed by atoms with Crippen molar-refractivity contribution >= 4 is 28.8 Å². The van der Waals surface area contributed by atoms with Crippen LogP contribution in [0.4, 0.5) is 0 Å². The van der Waals surface area contributed by atoms with Crippen molar-refractivity contribution in [3.8, 4) is 45.4 Å².